The number of ether oxygens (including phenoxy) is 2. The van der Waals surface area contributed by atoms with Crippen LogP contribution in [-0.2, 0) is 17.6 Å². The number of benzene rings is 1. The highest BCUT2D eigenvalue weighted by Crippen LogP contribution is 2.15. The Morgan fingerprint density at radius 3 is 2.46 bits per heavy atom. The van der Waals surface area contributed by atoms with Crippen molar-refractivity contribution in [2.45, 2.75) is 19.8 Å². The van der Waals surface area contributed by atoms with E-state index in [1.54, 1.807) is 25.0 Å². The van der Waals surface area contributed by atoms with E-state index < -0.39 is 5.63 Å². The maximum atomic E-state index is 12.6. The molecular formula is C20H23NO5. The van der Waals surface area contributed by atoms with Gasteiger partial charge in [0.25, 0.3) is 5.91 Å². The molecule has 3 rings (SSSR count). The molecule has 2 heterocycles. The molecule has 0 saturated carbocycles. The topological polar surface area (TPSA) is 69.0 Å². The van der Waals surface area contributed by atoms with Gasteiger partial charge >= 0.3 is 5.63 Å². The quantitative estimate of drug-likeness (QED) is 0.821. The van der Waals surface area contributed by atoms with E-state index in [0.717, 1.165) is 17.7 Å². The van der Waals surface area contributed by atoms with E-state index in [9.17, 15) is 9.59 Å². The third-order valence-electron chi connectivity index (χ3n) is 4.53. The molecule has 0 unspecified atom stereocenters. The smallest absolute Gasteiger partial charge is 0.349 e. The Hall–Kier alpha value is -2.60. The van der Waals surface area contributed by atoms with E-state index in [0.29, 0.717) is 44.0 Å². The summed E-state index contributed by atoms with van der Waals surface area (Å²) in [5.41, 5.74) is 1.34. The molecule has 2 aromatic rings. The summed E-state index contributed by atoms with van der Waals surface area (Å²) >= 11 is 0. The van der Waals surface area contributed by atoms with Gasteiger partial charge in [-0.2, -0.15) is 0 Å². The Kier molecular flexibility index (Phi) is 5.73. The molecule has 6 nitrogen and oxygen atoms in total. The fourth-order valence-electron chi connectivity index (χ4n) is 3.04. The highest BCUT2D eigenvalue weighted by Gasteiger charge is 2.24. The minimum absolute atomic E-state index is 0.125. The van der Waals surface area contributed by atoms with Gasteiger partial charge < -0.3 is 18.8 Å². The Morgan fingerprint density at radius 1 is 1.15 bits per heavy atom. The molecule has 1 amide bonds. The molecule has 0 spiro atoms. The van der Waals surface area contributed by atoms with Gasteiger partial charge in [-0.15, -0.1) is 0 Å². The van der Waals surface area contributed by atoms with Crippen LogP contribution in [0.2, 0.25) is 0 Å². The first-order valence-electron chi connectivity index (χ1n) is 8.72. The van der Waals surface area contributed by atoms with Crippen molar-refractivity contribution >= 4 is 5.91 Å². The molecule has 1 aromatic carbocycles. The van der Waals surface area contributed by atoms with Crippen molar-refractivity contribution in [1.82, 2.24) is 4.90 Å². The Labute approximate surface area is 152 Å². The van der Waals surface area contributed by atoms with Crippen LogP contribution in [0.1, 0.15) is 27.2 Å². The fourth-order valence-corrected chi connectivity index (χ4v) is 3.04. The molecule has 1 aromatic heterocycles. The number of hydrogen-bond acceptors (Lipinski definition) is 5. The maximum Gasteiger partial charge on any atom is 0.349 e. The van der Waals surface area contributed by atoms with Crippen molar-refractivity contribution in [3.05, 3.63) is 63.2 Å². The van der Waals surface area contributed by atoms with Crippen LogP contribution >= 0.6 is 0 Å². The Balaban J connectivity index is 1.71. The number of carbonyl (C=O) groups is 1. The largest absolute Gasteiger partial charge is 0.497 e. The van der Waals surface area contributed by atoms with Crippen molar-refractivity contribution in [2.75, 3.05) is 33.4 Å². The number of morpholine rings is 1. The molecule has 1 aliphatic rings. The number of rotatable bonds is 5. The molecule has 0 aliphatic carbocycles. The van der Waals surface area contributed by atoms with Crippen molar-refractivity contribution in [2.24, 2.45) is 0 Å². The van der Waals surface area contributed by atoms with Crippen molar-refractivity contribution in [3.63, 3.8) is 0 Å². The van der Waals surface area contributed by atoms with Crippen molar-refractivity contribution in [3.8, 4) is 5.75 Å². The zero-order valence-corrected chi connectivity index (χ0v) is 15.1. The van der Waals surface area contributed by atoms with Gasteiger partial charge in [0.1, 0.15) is 17.1 Å². The van der Waals surface area contributed by atoms with Gasteiger partial charge in [-0.3, -0.25) is 4.79 Å². The molecule has 1 aliphatic heterocycles. The third-order valence-corrected chi connectivity index (χ3v) is 4.53. The highest BCUT2D eigenvalue weighted by molar-refractivity contribution is 5.95. The van der Waals surface area contributed by atoms with Crippen LogP contribution in [-0.4, -0.2) is 44.2 Å². The van der Waals surface area contributed by atoms with Crippen LogP contribution < -0.4 is 10.4 Å². The predicted molar refractivity (Wildman–Crippen MR) is 96.8 cm³/mol. The molecule has 0 bridgehead atoms. The van der Waals surface area contributed by atoms with Gasteiger partial charge in [0.2, 0.25) is 0 Å². The van der Waals surface area contributed by atoms with Gasteiger partial charge in [0, 0.05) is 19.5 Å². The summed E-state index contributed by atoms with van der Waals surface area (Å²) in [5, 5.41) is 0. The lowest BCUT2D eigenvalue weighted by Gasteiger charge is -2.26. The second kappa shape index (κ2) is 8.19. The van der Waals surface area contributed by atoms with Gasteiger partial charge in [-0.25, -0.2) is 4.79 Å². The van der Waals surface area contributed by atoms with Gasteiger partial charge in [0.15, 0.2) is 0 Å². The first-order chi connectivity index (χ1) is 12.6. The normalized spacial score (nSPS) is 14.3. The van der Waals surface area contributed by atoms with E-state index in [4.69, 9.17) is 13.9 Å². The number of hydrogen-bond donors (Lipinski definition) is 0. The molecule has 0 radical (unpaired) electrons. The van der Waals surface area contributed by atoms with Crippen LogP contribution in [0.5, 0.6) is 5.75 Å². The second-order valence-corrected chi connectivity index (χ2v) is 6.31. The van der Waals surface area contributed by atoms with Crippen LogP contribution in [0.3, 0.4) is 0 Å². The van der Waals surface area contributed by atoms with E-state index in [1.807, 2.05) is 24.3 Å². The summed E-state index contributed by atoms with van der Waals surface area (Å²) in [4.78, 5) is 26.6. The zero-order chi connectivity index (χ0) is 18.5. The summed E-state index contributed by atoms with van der Waals surface area (Å²) in [6.07, 6.45) is 1.33. The summed E-state index contributed by atoms with van der Waals surface area (Å²) < 4.78 is 15.8. The molecule has 138 valence electrons. The lowest BCUT2D eigenvalue weighted by molar-refractivity contribution is 0.0299. The number of aryl methyl sites for hydroxylation is 3. The molecule has 26 heavy (non-hydrogen) atoms. The second-order valence-electron chi connectivity index (χ2n) is 6.31. The van der Waals surface area contributed by atoms with Crippen LogP contribution in [0.15, 0.2) is 39.5 Å². The molecule has 0 atom stereocenters. The van der Waals surface area contributed by atoms with E-state index >= 15 is 0 Å². The predicted octanol–water partition coefficient (Wildman–Crippen LogP) is 2.21. The highest BCUT2D eigenvalue weighted by atomic mass is 16.5. The third kappa shape index (κ3) is 4.14. The Morgan fingerprint density at radius 2 is 1.85 bits per heavy atom. The molecular weight excluding hydrogens is 334 g/mol. The fraction of sp³-hybridized carbons (Fsp3) is 0.400. The standard InChI is InChI=1S/C20H23NO5/c1-14-13-17(8-5-15-3-6-16(24-2)7-4-15)26-20(23)18(14)19(22)21-9-11-25-12-10-21/h3-4,6-7,13H,5,8-12H2,1-2H3. The molecule has 1 saturated heterocycles. The first-order valence-corrected chi connectivity index (χ1v) is 8.72. The summed E-state index contributed by atoms with van der Waals surface area (Å²) in [6, 6.07) is 9.57. The average molecular weight is 357 g/mol. The maximum absolute atomic E-state index is 12.6. The van der Waals surface area contributed by atoms with Crippen LogP contribution in [0.4, 0.5) is 0 Å². The minimum atomic E-state index is -0.564. The lowest BCUT2D eigenvalue weighted by Crippen LogP contribution is -2.42. The number of methoxy groups -OCH3 is 1. The van der Waals surface area contributed by atoms with Gasteiger partial charge in [-0.1, -0.05) is 12.1 Å². The number of nitrogens with zero attached hydrogens (tertiary/aromatic N) is 1. The van der Waals surface area contributed by atoms with Crippen LogP contribution in [0, 0.1) is 6.92 Å². The van der Waals surface area contributed by atoms with Gasteiger partial charge in [-0.05, 0) is 42.7 Å². The first kappa shape index (κ1) is 18.2. The van der Waals surface area contributed by atoms with Crippen LogP contribution in [0.25, 0.3) is 0 Å². The SMILES string of the molecule is COc1ccc(CCc2cc(C)c(C(=O)N3CCOCC3)c(=O)o2)cc1. The molecule has 6 heteroatoms. The minimum Gasteiger partial charge on any atom is -0.497 e. The van der Waals surface area contributed by atoms with Crippen molar-refractivity contribution < 1.29 is 18.7 Å². The monoisotopic (exact) mass is 357 g/mol. The number of carbonyl (C=O) groups excluding carboxylic acids is 1. The van der Waals surface area contributed by atoms with Gasteiger partial charge in [0.05, 0.1) is 20.3 Å². The Bertz CT molecular complexity index is 819. The number of amides is 1. The average Bonchev–Trinajstić information content (AvgIpc) is 2.67. The lowest BCUT2D eigenvalue weighted by atomic mass is 10.1. The van der Waals surface area contributed by atoms with E-state index in [2.05, 4.69) is 0 Å². The summed E-state index contributed by atoms with van der Waals surface area (Å²) in [7, 11) is 1.63. The summed E-state index contributed by atoms with van der Waals surface area (Å²) in [5.74, 6) is 1.12. The summed E-state index contributed by atoms with van der Waals surface area (Å²) in [6.45, 7) is 3.77. The molecule has 1 fully saturated rings. The van der Waals surface area contributed by atoms with E-state index in [1.165, 1.54) is 0 Å². The van der Waals surface area contributed by atoms with E-state index in [-0.39, 0.29) is 11.5 Å². The zero-order valence-electron chi connectivity index (χ0n) is 15.1. The van der Waals surface area contributed by atoms with Crippen molar-refractivity contribution in [1.29, 1.82) is 0 Å². The molecule has 0 N–H and O–H groups in total.